The predicted octanol–water partition coefficient (Wildman–Crippen LogP) is 3.76. The highest BCUT2D eigenvalue weighted by molar-refractivity contribution is 7.99. The van der Waals surface area contributed by atoms with Crippen LogP contribution in [0.3, 0.4) is 0 Å². The highest BCUT2D eigenvalue weighted by Crippen LogP contribution is 2.35. The number of benzene rings is 1. The molecule has 3 aromatic rings. The molecule has 0 saturated carbocycles. The maximum Gasteiger partial charge on any atom is 0.350 e. The standard InChI is InChI=1S/C19H20N4O3S2/c1-4-26-18(25)17-14(10-15(28-17)13-8-6-5-7-9-13)20-16(24)11-27-19-22-21-12(2)23(19)3/h5-10H,4,11H2,1-3H3,(H,20,24). The third-order valence-electron chi connectivity index (χ3n) is 3.91. The van der Waals surface area contributed by atoms with Crippen molar-refractivity contribution in [2.45, 2.75) is 19.0 Å². The van der Waals surface area contributed by atoms with Gasteiger partial charge in [-0.25, -0.2) is 4.79 Å². The Morgan fingerprint density at radius 2 is 2.00 bits per heavy atom. The number of rotatable bonds is 7. The van der Waals surface area contributed by atoms with E-state index in [4.69, 9.17) is 4.74 Å². The largest absolute Gasteiger partial charge is 0.462 e. The molecule has 0 radical (unpaired) electrons. The van der Waals surface area contributed by atoms with Crippen molar-refractivity contribution in [2.24, 2.45) is 7.05 Å². The van der Waals surface area contributed by atoms with Gasteiger partial charge in [-0.1, -0.05) is 42.1 Å². The molecule has 0 atom stereocenters. The summed E-state index contributed by atoms with van der Waals surface area (Å²) in [5, 5.41) is 11.5. The van der Waals surface area contributed by atoms with Crippen LogP contribution in [-0.2, 0) is 16.6 Å². The number of carbonyl (C=O) groups excluding carboxylic acids is 2. The summed E-state index contributed by atoms with van der Waals surface area (Å²) in [6, 6.07) is 11.5. The lowest BCUT2D eigenvalue weighted by Gasteiger charge is -2.06. The summed E-state index contributed by atoms with van der Waals surface area (Å²) in [6.45, 7) is 3.87. The number of aryl methyl sites for hydroxylation is 1. The molecule has 3 rings (SSSR count). The molecule has 0 unspecified atom stereocenters. The van der Waals surface area contributed by atoms with Gasteiger partial charge in [0.05, 0.1) is 18.0 Å². The van der Waals surface area contributed by atoms with E-state index in [9.17, 15) is 9.59 Å². The number of thiophene rings is 1. The number of hydrogen-bond acceptors (Lipinski definition) is 7. The van der Waals surface area contributed by atoms with Crippen LogP contribution in [0.25, 0.3) is 10.4 Å². The first-order valence-electron chi connectivity index (χ1n) is 8.64. The number of carbonyl (C=O) groups is 2. The van der Waals surface area contributed by atoms with Gasteiger partial charge in [0.15, 0.2) is 5.16 Å². The van der Waals surface area contributed by atoms with E-state index in [0.29, 0.717) is 15.7 Å². The first-order chi connectivity index (χ1) is 13.5. The van der Waals surface area contributed by atoms with Gasteiger partial charge < -0.3 is 14.6 Å². The van der Waals surface area contributed by atoms with Gasteiger partial charge in [-0.2, -0.15) is 0 Å². The van der Waals surface area contributed by atoms with Crippen molar-refractivity contribution >= 4 is 40.7 Å². The number of esters is 1. The monoisotopic (exact) mass is 416 g/mol. The van der Waals surface area contributed by atoms with Crippen LogP contribution in [0.4, 0.5) is 5.69 Å². The van der Waals surface area contributed by atoms with Crippen LogP contribution in [0, 0.1) is 6.92 Å². The van der Waals surface area contributed by atoms with Gasteiger partial charge in [-0.15, -0.1) is 21.5 Å². The van der Waals surface area contributed by atoms with Crippen LogP contribution in [0.5, 0.6) is 0 Å². The molecule has 1 N–H and O–H groups in total. The maximum atomic E-state index is 12.4. The zero-order valence-electron chi connectivity index (χ0n) is 15.8. The highest BCUT2D eigenvalue weighted by Gasteiger charge is 2.20. The second-order valence-corrected chi connectivity index (χ2v) is 7.86. The summed E-state index contributed by atoms with van der Waals surface area (Å²) in [5.41, 5.74) is 1.43. The summed E-state index contributed by atoms with van der Waals surface area (Å²) in [5.74, 6) is 0.262. The molecule has 0 spiro atoms. The molecule has 1 amide bonds. The van der Waals surface area contributed by atoms with E-state index >= 15 is 0 Å². The Morgan fingerprint density at radius 3 is 2.64 bits per heavy atom. The lowest BCUT2D eigenvalue weighted by Crippen LogP contribution is -2.16. The minimum Gasteiger partial charge on any atom is -0.462 e. The third-order valence-corrected chi connectivity index (χ3v) is 6.09. The number of anilines is 1. The zero-order chi connectivity index (χ0) is 20.1. The Labute approximate surface area is 171 Å². The lowest BCUT2D eigenvalue weighted by molar-refractivity contribution is -0.113. The molecule has 0 fully saturated rings. The molecule has 0 bridgehead atoms. The molecular weight excluding hydrogens is 396 g/mol. The van der Waals surface area contributed by atoms with E-state index in [2.05, 4.69) is 15.5 Å². The van der Waals surface area contributed by atoms with Crippen molar-refractivity contribution in [3.63, 3.8) is 0 Å². The van der Waals surface area contributed by atoms with Crippen LogP contribution < -0.4 is 5.32 Å². The Balaban J connectivity index is 1.77. The summed E-state index contributed by atoms with van der Waals surface area (Å²) in [7, 11) is 1.85. The van der Waals surface area contributed by atoms with Gasteiger partial charge in [0.2, 0.25) is 5.91 Å². The Kier molecular flexibility index (Phi) is 6.48. The molecule has 9 heteroatoms. The molecule has 28 heavy (non-hydrogen) atoms. The molecule has 2 aromatic heterocycles. The van der Waals surface area contributed by atoms with Gasteiger partial charge in [0.25, 0.3) is 0 Å². The summed E-state index contributed by atoms with van der Waals surface area (Å²) in [4.78, 5) is 26.0. The first kappa shape index (κ1) is 20.1. The molecule has 2 heterocycles. The van der Waals surface area contributed by atoms with Crippen molar-refractivity contribution in [2.75, 3.05) is 17.7 Å². The van der Waals surface area contributed by atoms with Crippen LogP contribution in [-0.4, -0.2) is 39.0 Å². The van der Waals surface area contributed by atoms with Gasteiger partial charge >= 0.3 is 5.97 Å². The molecular formula is C19H20N4O3S2. The summed E-state index contributed by atoms with van der Waals surface area (Å²) in [6.07, 6.45) is 0. The van der Waals surface area contributed by atoms with E-state index in [0.717, 1.165) is 16.3 Å². The molecule has 0 aliphatic carbocycles. The van der Waals surface area contributed by atoms with Gasteiger partial charge in [0.1, 0.15) is 10.7 Å². The maximum absolute atomic E-state index is 12.4. The number of nitrogens with one attached hydrogen (secondary N) is 1. The second-order valence-electron chi connectivity index (χ2n) is 5.87. The number of thioether (sulfide) groups is 1. The number of amides is 1. The number of nitrogens with zero attached hydrogens (tertiary/aromatic N) is 3. The quantitative estimate of drug-likeness (QED) is 0.466. The first-order valence-corrected chi connectivity index (χ1v) is 10.4. The predicted molar refractivity (Wildman–Crippen MR) is 111 cm³/mol. The fraction of sp³-hybridized carbons (Fsp3) is 0.263. The SMILES string of the molecule is CCOC(=O)c1sc(-c2ccccc2)cc1NC(=O)CSc1nnc(C)n1C. The van der Waals surface area contributed by atoms with E-state index in [-0.39, 0.29) is 18.3 Å². The van der Waals surface area contributed by atoms with Gasteiger partial charge in [0, 0.05) is 11.9 Å². The van der Waals surface area contributed by atoms with E-state index < -0.39 is 5.97 Å². The average molecular weight is 417 g/mol. The Hall–Kier alpha value is -2.65. The van der Waals surface area contributed by atoms with E-state index in [1.165, 1.54) is 23.1 Å². The third kappa shape index (κ3) is 4.60. The number of hydrogen-bond donors (Lipinski definition) is 1. The van der Waals surface area contributed by atoms with Crippen molar-refractivity contribution in [1.29, 1.82) is 0 Å². The number of ether oxygens (including phenoxy) is 1. The second kappa shape index (κ2) is 9.03. The van der Waals surface area contributed by atoms with Crippen LogP contribution in [0.15, 0.2) is 41.6 Å². The molecule has 0 saturated heterocycles. The normalized spacial score (nSPS) is 10.7. The number of aromatic nitrogens is 3. The smallest absolute Gasteiger partial charge is 0.350 e. The highest BCUT2D eigenvalue weighted by atomic mass is 32.2. The van der Waals surface area contributed by atoms with Crippen LogP contribution in [0.1, 0.15) is 22.4 Å². The van der Waals surface area contributed by atoms with Crippen molar-refractivity contribution in [1.82, 2.24) is 14.8 Å². The van der Waals surface area contributed by atoms with E-state index in [1.54, 1.807) is 13.0 Å². The summed E-state index contributed by atoms with van der Waals surface area (Å²) < 4.78 is 6.96. The average Bonchev–Trinajstić information content (AvgIpc) is 3.25. The molecule has 0 aliphatic heterocycles. The van der Waals surface area contributed by atoms with Gasteiger partial charge in [-0.05, 0) is 25.5 Å². The Morgan fingerprint density at radius 1 is 1.25 bits per heavy atom. The van der Waals surface area contributed by atoms with Crippen LogP contribution in [0.2, 0.25) is 0 Å². The molecule has 0 aliphatic rings. The minimum atomic E-state index is -0.443. The van der Waals surface area contributed by atoms with Crippen molar-refractivity contribution in [3.8, 4) is 10.4 Å². The van der Waals surface area contributed by atoms with Gasteiger partial charge in [-0.3, -0.25) is 4.79 Å². The topological polar surface area (TPSA) is 86.1 Å². The van der Waals surface area contributed by atoms with E-state index in [1.807, 2.05) is 48.9 Å². The Bertz CT molecular complexity index is 982. The van der Waals surface area contributed by atoms with Crippen molar-refractivity contribution < 1.29 is 14.3 Å². The molecule has 1 aromatic carbocycles. The lowest BCUT2D eigenvalue weighted by atomic mass is 10.2. The van der Waals surface area contributed by atoms with Crippen molar-refractivity contribution in [3.05, 3.63) is 47.1 Å². The minimum absolute atomic E-state index is 0.157. The zero-order valence-corrected chi connectivity index (χ0v) is 17.4. The van der Waals surface area contributed by atoms with Crippen LogP contribution >= 0.6 is 23.1 Å². The molecule has 146 valence electrons. The molecule has 7 nitrogen and oxygen atoms in total. The fourth-order valence-electron chi connectivity index (χ4n) is 2.41. The summed E-state index contributed by atoms with van der Waals surface area (Å²) >= 11 is 2.59. The fourth-order valence-corrected chi connectivity index (χ4v) is 4.18.